The summed E-state index contributed by atoms with van der Waals surface area (Å²) in [5.74, 6) is -0.377. The Labute approximate surface area is 109 Å². The largest absolute Gasteiger partial charge is 0.480 e. The SMILES string of the molecule is CCCN(CC(=O)O)c1noc2ccc(Cl)cc12. The zero-order chi connectivity index (χ0) is 13.1. The van der Waals surface area contributed by atoms with Crippen molar-refractivity contribution in [2.24, 2.45) is 0 Å². The van der Waals surface area contributed by atoms with Gasteiger partial charge in [0.15, 0.2) is 11.4 Å². The third-order valence-electron chi connectivity index (χ3n) is 2.53. The van der Waals surface area contributed by atoms with E-state index in [9.17, 15) is 4.79 Å². The molecule has 0 fully saturated rings. The third-order valence-corrected chi connectivity index (χ3v) is 2.77. The number of fused-ring (bicyclic) bond motifs is 1. The van der Waals surface area contributed by atoms with Crippen LogP contribution in [-0.2, 0) is 4.79 Å². The van der Waals surface area contributed by atoms with Gasteiger partial charge in [0.2, 0.25) is 0 Å². The molecule has 0 aliphatic heterocycles. The van der Waals surface area contributed by atoms with Crippen LogP contribution in [0.5, 0.6) is 0 Å². The van der Waals surface area contributed by atoms with Gasteiger partial charge >= 0.3 is 5.97 Å². The summed E-state index contributed by atoms with van der Waals surface area (Å²) in [6.45, 7) is 2.46. The van der Waals surface area contributed by atoms with Crippen LogP contribution in [0.2, 0.25) is 5.02 Å². The zero-order valence-electron chi connectivity index (χ0n) is 9.89. The minimum atomic E-state index is -0.901. The van der Waals surface area contributed by atoms with E-state index in [0.29, 0.717) is 23.0 Å². The molecule has 0 saturated heterocycles. The molecule has 2 rings (SSSR count). The summed E-state index contributed by atoms with van der Waals surface area (Å²) >= 11 is 5.93. The lowest BCUT2D eigenvalue weighted by molar-refractivity contribution is -0.135. The lowest BCUT2D eigenvalue weighted by Crippen LogP contribution is -2.30. The van der Waals surface area contributed by atoms with Gasteiger partial charge in [-0.1, -0.05) is 23.7 Å². The molecule has 0 aliphatic rings. The van der Waals surface area contributed by atoms with Gasteiger partial charge in [-0.2, -0.15) is 0 Å². The summed E-state index contributed by atoms with van der Waals surface area (Å²) < 4.78 is 5.17. The number of carboxylic acids is 1. The number of anilines is 1. The Hall–Kier alpha value is -1.75. The van der Waals surface area contributed by atoms with Gasteiger partial charge in [0.25, 0.3) is 0 Å². The number of nitrogens with zero attached hydrogens (tertiary/aromatic N) is 2. The maximum atomic E-state index is 10.9. The van der Waals surface area contributed by atoms with Gasteiger partial charge in [0, 0.05) is 11.6 Å². The number of hydrogen-bond acceptors (Lipinski definition) is 4. The highest BCUT2D eigenvalue weighted by Gasteiger charge is 2.17. The number of aromatic nitrogens is 1. The van der Waals surface area contributed by atoms with Crippen molar-refractivity contribution < 1.29 is 14.4 Å². The van der Waals surface area contributed by atoms with Crippen LogP contribution >= 0.6 is 11.6 Å². The molecule has 18 heavy (non-hydrogen) atoms. The van der Waals surface area contributed by atoms with Crippen LogP contribution in [-0.4, -0.2) is 29.3 Å². The molecular formula is C12H13ClN2O3. The second kappa shape index (κ2) is 5.27. The normalized spacial score (nSPS) is 10.8. The van der Waals surface area contributed by atoms with Crippen molar-refractivity contribution >= 4 is 34.4 Å². The molecule has 1 N–H and O–H groups in total. The molecule has 1 heterocycles. The summed E-state index contributed by atoms with van der Waals surface area (Å²) in [5.41, 5.74) is 0.598. The van der Waals surface area contributed by atoms with Crippen LogP contribution in [0, 0.1) is 0 Å². The summed E-state index contributed by atoms with van der Waals surface area (Å²) in [4.78, 5) is 12.5. The van der Waals surface area contributed by atoms with Gasteiger partial charge in [-0.05, 0) is 24.6 Å². The van der Waals surface area contributed by atoms with E-state index in [1.54, 1.807) is 23.1 Å². The van der Waals surface area contributed by atoms with E-state index >= 15 is 0 Å². The van der Waals surface area contributed by atoms with Crippen molar-refractivity contribution in [3.8, 4) is 0 Å². The molecule has 1 aromatic carbocycles. The summed E-state index contributed by atoms with van der Waals surface area (Å²) in [5, 5.41) is 14.1. The molecular weight excluding hydrogens is 256 g/mol. The Morgan fingerprint density at radius 3 is 3.00 bits per heavy atom. The van der Waals surface area contributed by atoms with E-state index in [1.807, 2.05) is 6.92 Å². The highest BCUT2D eigenvalue weighted by atomic mass is 35.5. The fourth-order valence-corrected chi connectivity index (χ4v) is 1.99. The van der Waals surface area contributed by atoms with Crippen molar-refractivity contribution in [3.05, 3.63) is 23.2 Å². The fourth-order valence-electron chi connectivity index (χ4n) is 1.82. The van der Waals surface area contributed by atoms with Crippen molar-refractivity contribution in [2.75, 3.05) is 18.0 Å². The second-order valence-electron chi connectivity index (χ2n) is 3.96. The first-order valence-corrected chi connectivity index (χ1v) is 6.01. The molecule has 6 heteroatoms. The Kier molecular flexibility index (Phi) is 3.72. The number of halogens is 1. The average molecular weight is 269 g/mol. The summed E-state index contributed by atoms with van der Waals surface area (Å²) in [6, 6.07) is 5.16. The molecule has 1 aromatic heterocycles. The van der Waals surface area contributed by atoms with Crippen LogP contribution in [0.3, 0.4) is 0 Å². The molecule has 0 atom stereocenters. The summed E-state index contributed by atoms with van der Waals surface area (Å²) in [7, 11) is 0. The van der Waals surface area contributed by atoms with Gasteiger partial charge in [0.1, 0.15) is 6.54 Å². The first kappa shape index (κ1) is 12.7. The molecule has 5 nitrogen and oxygen atoms in total. The Bertz CT molecular complexity index is 567. The Morgan fingerprint density at radius 2 is 2.33 bits per heavy atom. The van der Waals surface area contributed by atoms with E-state index in [2.05, 4.69) is 5.16 Å². The monoisotopic (exact) mass is 268 g/mol. The molecule has 0 bridgehead atoms. The highest BCUT2D eigenvalue weighted by Crippen LogP contribution is 2.28. The quantitative estimate of drug-likeness (QED) is 0.903. The first-order valence-electron chi connectivity index (χ1n) is 5.63. The zero-order valence-corrected chi connectivity index (χ0v) is 10.6. The summed E-state index contributed by atoms with van der Waals surface area (Å²) in [6.07, 6.45) is 0.822. The topological polar surface area (TPSA) is 66.6 Å². The van der Waals surface area contributed by atoms with Crippen LogP contribution in [0.15, 0.2) is 22.7 Å². The molecule has 0 spiro atoms. The molecule has 0 amide bonds. The third kappa shape index (κ3) is 2.56. The number of hydrogen-bond donors (Lipinski definition) is 1. The number of carboxylic acid groups (broad SMARTS) is 1. The van der Waals surface area contributed by atoms with Crippen LogP contribution in [0.25, 0.3) is 11.0 Å². The molecule has 0 saturated carbocycles. The van der Waals surface area contributed by atoms with Crippen molar-refractivity contribution in [2.45, 2.75) is 13.3 Å². The number of benzene rings is 1. The molecule has 0 unspecified atom stereocenters. The van der Waals surface area contributed by atoms with E-state index in [0.717, 1.165) is 11.8 Å². The van der Waals surface area contributed by atoms with Gasteiger partial charge in [-0.3, -0.25) is 4.79 Å². The van der Waals surface area contributed by atoms with Gasteiger partial charge < -0.3 is 14.5 Å². The van der Waals surface area contributed by atoms with E-state index in [-0.39, 0.29) is 6.54 Å². The molecule has 0 aliphatic carbocycles. The van der Waals surface area contributed by atoms with E-state index < -0.39 is 5.97 Å². The Morgan fingerprint density at radius 1 is 1.56 bits per heavy atom. The van der Waals surface area contributed by atoms with Gasteiger partial charge in [-0.15, -0.1) is 0 Å². The Balaban J connectivity index is 2.42. The van der Waals surface area contributed by atoms with E-state index in [4.69, 9.17) is 21.2 Å². The van der Waals surface area contributed by atoms with Crippen molar-refractivity contribution in [1.29, 1.82) is 0 Å². The highest BCUT2D eigenvalue weighted by molar-refractivity contribution is 6.31. The molecule has 0 radical (unpaired) electrons. The smallest absolute Gasteiger partial charge is 0.323 e. The van der Waals surface area contributed by atoms with Crippen molar-refractivity contribution in [3.63, 3.8) is 0 Å². The van der Waals surface area contributed by atoms with Crippen molar-refractivity contribution in [1.82, 2.24) is 5.16 Å². The standard InChI is InChI=1S/C12H13ClN2O3/c1-2-5-15(7-11(16)17)12-9-6-8(13)3-4-10(9)18-14-12/h3-4,6H,2,5,7H2,1H3,(H,16,17). The van der Waals surface area contributed by atoms with Crippen LogP contribution < -0.4 is 4.90 Å². The number of aliphatic carboxylic acids is 1. The maximum Gasteiger partial charge on any atom is 0.323 e. The molecule has 96 valence electrons. The lowest BCUT2D eigenvalue weighted by atomic mass is 10.2. The van der Waals surface area contributed by atoms with Crippen LogP contribution in [0.1, 0.15) is 13.3 Å². The predicted molar refractivity (Wildman–Crippen MR) is 69.2 cm³/mol. The fraction of sp³-hybridized carbons (Fsp3) is 0.333. The lowest BCUT2D eigenvalue weighted by Gasteiger charge is -2.18. The predicted octanol–water partition coefficient (Wildman–Crippen LogP) is 2.78. The molecule has 2 aromatic rings. The number of carbonyl (C=O) groups is 1. The second-order valence-corrected chi connectivity index (χ2v) is 4.40. The van der Waals surface area contributed by atoms with Gasteiger partial charge in [0.05, 0.1) is 5.39 Å². The minimum absolute atomic E-state index is 0.109. The minimum Gasteiger partial charge on any atom is -0.480 e. The maximum absolute atomic E-state index is 10.9. The average Bonchev–Trinajstić information content (AvgIpc) is 2.70. The first-order chi connectivity index (χ1) is 8.61. The number of rotatable bonds is 5. The van der Waals surface area contributed by atoms with E-state index in [1.165, 1.54) is 0 Å². The van der Waals surface area contributed by atoms with Gasteiger partial charge in [-0.25, -0.2) is 0 Å². The van der Waals surface area contributed by atoms with Crippen LogP contribution in [0.4, 0.5) is 5.82 Å².